The fourth-order valence-corrected chi connectivity index (χ4v) is 1.25. The van der Waals surface area contributed by atoms with Crippen LogP contribution in [0.5, 0.6) is 0 Å². The van der Waals surface area contributed by atoms with Crippen LogP contribution in [-0.2, 0) is 6.54 Å². The average molecular weight is 225 g/mol. The van der Waals surface area contributed by atoms with Crippen molar-refractivity contribution in [1.29, 1.82) is 0 Å². The maximum absolute atomic E-state index is 5.50. The zero-order chi connectivity index (χ0) is 12.3. The van der Waals surface area contributed by atoms with Gasteiger partial charge in [-0.25, -0.2) is 4.98 Å². The molecule has 0 aliphatic rings. The molecule has 0 saturated heterocycles. The third-order valence-corrected chi connectivity index (χ3v) is 3.12. The molecule has 0 aliphatic carbocycles. The molecule has 1 rings (SSSR count). The van der Waals surface area contributed by atoms with Crippen LogP contribution in [0.4, 0.5) is 0 Å². The Balaban J connectivity index is 2.41. The molecule has 16 heavy (non-hydrogen) atoms. The molecule has 0 saturated carbocycles. The SMILES string of the molecule is Cc1nc(CNCC(C)(C)N(C)C)oc1C. The summed E-state index contributed by atoms with van der Waals surface area (Å²) in [5.74, 6) is 1.67. The minimum Gasteiger partial charge on any atom is -0.444 e. The van der Waals surface area contributed by atoms with Crippen molar-refractivity contribution in [3.63, 3.8) is 0 Å². The van der Waals surface area contributed by atoms with Gasteiger partial charge >= 0.3 is 0 Å². The summed E-state index contributed by atoms with van der Waals surface area (Å²) in [5, 5.41) is 3.37. The van der Waals surface area contributed by atoms with Gasteiger partial charge in [0.05, 0.1) is 12.2 Å². The summed E-state index contributed by atoms with van der Waals surface area (Å²) in [6.45, 7) is 9.90. The van der Waals surface area contributed by atoms with Crippen LogP contribution >= 0.6 is 0 Å². The van der Waals surface area contributed by atoms with E-state index in [2.05, 4.69) is 43.1 Å². The molecule has 4 nitrogen and oxygen atoms in total. The molecule has 0 bridgehead atoms. The zero-order valence-corrected chi connectivity index (χ0v) is 11.2. The molecular formula is C12H23N3O. The fraction of sp³-hybridized carbons (Fsp3) is 0.750. The van der Waals surface area contributed by atoms with Crippen molar-refractivity contribution in [2.45, 2.75) is 39.8 Å². The molecule has 0 unspecified atom stereocenters. The van der Waals surface area contributed by atoms with E-state index in [1.54, 1.807) is 0 Å². The van der Waals surface area contributed by atoms with Gasteiger partial charge < -0.3 is 14.6 Å². The highest BCUT2D eigenvalue weighted by Gasteiger charge is 2.19. The summed E-state index contributed by atoms with van der Waals surface area (Å²) >= 11 is 0. The average Bonchev–Trinajstić information content (AvgIpc) is 2.45. The Morgan fingerprint density at radius 3 is 2.38 bits per heavy atom. The molecule has 0 aromatic carbocycles. The number of rotatable bonds is 5. The van der Waals surface area contributed by atoms with Crippen LogP contribution in [-0.4, -0.2) is 36.1 Å². The van der Waals surface area contributed by atoms with Crippen LogP contribution in [0.25, 0.3) is 0 Å². The number of likely N-dealkylation sites (N-methyl/N-ethyl adjacent to an activating group) is 1. The molecule has 1 N–H and O–H groups in total. The fourth-order valence-electron chi connectivity index (χ4n) is 1.25. The summed E-state index contributed by atoms with van der Waals surface area (Å²) in [6.07, 6.45) is 0. The Morgan fingerprint density at radius 2 is 1.94 bits per heavy atom. The number of nitrogens with one attached hydrogen (secondary N) is 1. The maximum atomic E-state index is 5.50. The third kappa shape index (κ3) is 3.32. The van der Waals surface area contributed by atoms with Crippen molar-refractivity contribution in [3.8, 4) is 0 Å². The van der Waals surface area contributed by atoms with E-state index in [1.165, 1.54) is 0 Å². The Morgan fingerprint density at radius 1 is 1.31 bits per heavy atom. The smallest absolute Gasteiger partial charge is 0.208 e. The zero-order valence-electron chi connectivity index (χ0n) is 11.2. The number of nitrogens with zero attached hydrogens (tertiary/aromatic N) is 2. The Labute approximate surface area is 98.0 Å². The molecule has 92 valence electrons. The minimum absolute atomic E-state index is 0.136. The van der Waals surface area contributed by atoms with Gasteiger partial charge in [-0.1, -0.05) is 0 Å². The molecule has 0 aliphatic heterocycles. The monoisotopic (exact) mass is 225 g/mol. The van der Waals surface area contributed by atoms with Crippen molar-refractivity contribution < 1.29 is 4.42 Å². The molecule has 0 atom stereocenters. The van der Waals surface area contributed by atoms with Gasteiger partial charge in [-0.3, -0.25) is 0 Å². The lowest BCUT2D eigenvalue weighted by molar-refractivity contribution is 0.188. The van der Waals surface area contributed by atoms with Crippen molar-refractivity contribution in [2.24, 2.45) is 0 Å². The first-order valence-corrected chi connectivity index (χ1v) is 5.64. The first-order valence-electron chi connectivity index (χ1n) is 5.64. The molecule has 0 radical (unpaired) electrons. The van der Waals surface area contributed by atoms with Gasteiger partial charge in [0.15, 0.2) is 0 Å². The molecule has 0 spiro atoms. The molecule has 1 aromatic rings. The standard InChI is InChI=1S/C12H23N3O/c1-9-10(2)16-11(14-9)7-13-8-12(3,4)15(5)6/h13H,7-8H2,1-6H3. The molecule has 1 aromatic heterocycles. The maximum Gasteiger partial charge on any atom is 0.208 e. The van der Waals surface area contributed by atoms with E-state index < -0.39 is 0 Å². The van der Waals surface area contributed by atoms with Gasteiger partial charge in [-0.05, 0) is 41.8 Å². The predicted molar refractivity (Wildman–Crippen MR) is 65.4 cm³/mol. The van der Waals surface area contributed by atoms with E-state index in [1.807, 2.05) is 13.8 Å². The lowest BCUT2D eigenvalue weighted by atomic mass is 10.0. The Hall–Kier alpha value is -0.870. The quantitative estimate of drug-likeness (QED) is 0.828. The van der Waals surface area contributed by atoms with Gasteiger partial charge in [0.25, 0.3) is 0 Å². The van der Waals surface area contributed by atoms with Crippen LogP contribution in [0.3, 0.4) is 0 Å². The number of aryl methyl sites for hydroxylation is 2. The second-order valence-corrected chi connectivity index (χ2v) is 5.06. The van der Waals surface area contributed by atoms with Crippen molar-refractivity contribution >= 4 is 0 Å². The summed E-state index contributed by atoms with van der Waals surface area (Å²) in [4.78, 5) is 6.53. The van der Waals surface area contributed by atoms with Crippen molar-refractivity contribution in [2.75, 3.05) is 20.6 Å². The van der Waals surface area contributed by atoms with E-state index in [-0.39, 0.29) is 5.54 Å². The molecule has 4 heteroatoms. The van der Waals surface area contributed by atoms with E-state index in [0.717, 1.165) is 23.9 Å². The van der Waals surface area contributed by atoms with Gasteiger partial charge in [0, 0.05) is 12.1 Å². The summed E-state index contributed by atoms with van der Waals surface area (Å²) in [7, 11) is 4.17. The first kappa shape index (κ1) is 13.2. The van der Waals surface area contributed by atoms with Crippen LogP contribution < -0.4 is 5.32 Å². The van der Waals surface area contributed by atoms with Gasteiger partial charge in [0.1, 0.15) is 5.76 Å². The molecule has 0 amide bonds. The van der Waals surface area contributed by atoms with Crippen LogP contribution in [0.15, 0.2) is 4.42 Å². The Bertz CT molecular complexity index is 323. The van der Waals surface area contributed by atoms with E-state index in [9.17, 15) is 0 Å². The summed E-state index contributed by atoms with van der Waals surface area (Å²) in [6, 6.07) is 0. The van der Waals surface area contributed by atoms with E-state index >= 15 is 0 Å². The van der Waals surface area contributed by atoms with Crippen molar-refractivity contribution in [3.05, 3.63) is 17.3 Å². The normalized spacial score (nSPS) is 12.4. The largest absolute Gasteiger partial charge is 0.444 e. The molecule has 1 heterocycles. The number of hydrogen-bond acceptors (Lipinski definition) is 4. The van der Waals surface area contributed by atoms with E-state index in [4.69, 9.17) is 4.42 Å². The molecular weight excluding hydrogens is 202 g/mol. The third-order valence-electron chi connectivity index (χ3n) is 3.12. The van der Waals surface area contributed by atoms with E-state index in [0.29, 0.717) is 6.54 Å². The Kier molecular flexibility index (Phi) is 4.10. The highest BCUT2D eigenvalue weighted by molar-refractivity contribution is 5.05. The highest BCUT2D eigenvalue weighted by atomic mass is 16.4. The first-order chi connectivity index (χ1) is 7.33. The van der Waals surface area contributed by atoms with Crippen LogP contribution in [0, 0.1) is 13.8 Å². The van der Waals surface area contributed by atoms with Crippen molar-refractivity contribution in [1.82, 2.24) is 15.2 Å². The predicted octanol–water partition coefficient (Wildman–Crippen LogP) is 1.72. The number of hydrogen-bond donors (Lipinski definition) is 1. The minimum atomic E-state index is 0.136. The number of aromatic nitrogens is 1. The van der Waals surface area contributed by atoms with Gasteiger partial charge in [-0.15, -0.1) is 0 Å². The topological polar surface area (TPSA) is 41.3 Å². The summed E-state index contributed by atoms with van der Waals surface area (Å²) in [5.41, 5.74) is 1.11. The van der Waals surface area contributed by atoms with Gasteiger partial charge in [-0.2, -0.15) is 0 Å². The second-order valence-electron chi connectivity index (χ2n) is 5.06. The second kappa shape index (κ2) is 4.97. The van der Waals surface area contributed by atoms with Gasteiger partial charge in [0.2, 0.25) is 5.89 Å². The highest BCUT2D eigenvalue weighted by Crippen LogP contribution is 2.10. The lowest BCUT2D eigenvalue weighted by Gasteiger charge is -2.32. The lowest BCUT2D eigenvalue weighted by Crippen LogP contribution is -2.46. The summed E-state index contributed by atoms with van der Waals surface area (Å²) < 4.78 is 5.50. The van der Waals surface area contributed by atoms with Crippen LogP contribution in [0.2, 0.25) is 0 Å². The number of oxazole rings is 1. The van der Waals surface area contributed by atoms with Crippen LogP contribution in [0.1, 0.15) is 31.2 Å². The molecule has 0 fully saturated rings.